The summed E-state index contributed by atoms with van der Waals surface area (Å²) in [6, 6.07) is 0. The molecular formula is C15H30N4. The Morgan fingerprint density at radius 2 is 1.68 bits per heavy atom. The van der Waals surface area contributed by atoms with Crippen LogP contribution in [0.1, 0.15) is 43.6 Å². The lowest BCUT2D eigenvalue weighted by Gasteiger charge is -2.06. The average molecular weight is 266 g/mol. The molecule has 0 saturated carbocycles. The van der Waals surface area contributed by atoms with Crippen LogP contribution < -0.4 is 10.6 Å². The minimum atomic E-state index is 0.962. The van der Waals surface area contributed by atoms with Crippen LogP contribution >= 0.6 is 0 Å². The average Bonchev–Trinajstić information content (AvgIpc) is 2.68. The minimum Gasteiger partial charge on any atom is -0.317 e. The lowest BCUT2D eigenvalue weighted by molar-refractivity contribution is 0.591. The van der Waals surface area contributed by atoms with Gasteiger partial charge in [-0.15, -0.1) is 0 Å². The van der Waals surface area contributed by atoms with Crippen molar-refractivity contribution in [2.45, 2.75) is 53.5 Å². The van der Waals surface area contributed by atoms with E-state index < -0.39 is 0 Å². The zero-order chi connectivity index (χ0) is 14.1. The molecule has 0 amide bonds. The van der Waals surface area contributed by atoms with Crippen molar-refractivity contribution in [2.24, 2.45) is 0 Å². The third-order valence-electron chi connectivity index (χ3n) is 3.52. The SMILES string of the molecule is CCCNCCCNCCc1c(C)nn(CC)c1C. The summed E-state index contributed by atoms with van der Waals surface area (Å²) in [6.07, 6.45) is 3.50. The molecule has 1 aromatic rings. The fraction of sp³-hybridized carbons (Fsp3) is 0.800. The van der Waals surface area contributed by atoms with E-state index in [2.05, 4.69) is 48.1 Å². The maximum absolute atomic E-state index is 4.56. The molecule has 19 heavy (non-hydrogen) atoms. The highest BCUT2D eigenvalue weighted by molar-refractivity contribution is 5.24. The van der Waals surface area contributed by atoms with Gasteiger partial charge in [0.05, 0.1) is 5.69 Å². The summed E-state index contributed by atoms with van der Waals surface area (Å²) < 4.78 is 2.10. The van der Waals surface area contributed by atoms with E-state index in [1.807, 2.05) is 0 Å². The third kappa shape index (κ3) is 5.33. The Kier molecular flexibility index (Phi) is 7.75. The van der Waals surface area contributed by atoms with Gasteiger partial charge in [0, 0.05) is 12.2 Å². The number of nitrogens with one attached hydrogen (secondary N) is 2. The predicted molar refractivity (Wildman–Crippen MR) is 81.7 cm³/mol. The van der Waals surface area contributed by atoms with Crippen molar-refractivity contribution in [3.63, 3.8) is 0 Å². The van der Waals surface area contributed by atoms with Gasteiger partial charge in [-0.1, -0.05) is 6.92 Å². The highest BCUT2D eigenvalue weighted by Gasteiger charge is 2.09. The van der Waals surface area contributed by atoms with Gasteiger partial charge in [-0.05, 0) is 71.8 Å². The van der Waals surface area contributed by atoms with Crippen molar-refractivity contribution in [1.82, 2.24) is 20.4 Å². The highest BCUT2D eigenvalue weighted by atomic mass is 15.3. The van der Waals surface area contributed by atoms with E-state index in [0.717, 1.165) is 39.1 Å². The van der Waals surface area contributed by atoms with Gasteiger partial charge in [0.1, 0.15) is 0 Å². The van der Waals surface area contributed by atoms with Gasteiger partial charge in [0.15, 0.2) is 0 Å². The molecule has 1 heterocycles. The minimum absolute atomic E-state index is 0.962. The molecule has 1 aromatic heterocycles. The van der Waals surface area contributed by atoms with E-state index in [-0.39, 0.29) is 0 Å². The number of aryl methyl sites for hydroxylation is 2. The summed E-state index contributed by atoms with van der Waals surface area (Å²) in [5, 5.41) is 11.5. The van der Waals surface area contributed by atoms with Crippen LogP contribution in [-0.2, 0) is 13.0 Å². The molecule has 0 saturated heterocycles. The van der Waals surface area contributed by atoms with Crippen molar-refractivity contribution in [2.75, 3.05) is 26.2 Å². The molecule has 0 unspecified atom stereocenters. The van der Waals surface area contributed by atoms with E-state index in [1.54, 1.807) is 0 Å². The summed E-state index contributed by atoms with van der Waals surface area (Å²) in [7, 11) is 0. The Bertz CT molecular complexity index is 357. The number of hydrogen-bond donors (Lipinski definition) is 2. The third-order valence-corrected chi connectivity index (χ3v) is 3.52. The molecule has 0 aliphatic carbocycles. The first kappa shape index (κ1) is 16.2. The summed E-state index contributed by atoms with van der Waals surface area (Å²) in [5.74, 6) is 0. The van der Waals surface area contributed by atoms with Crippen LogP contribution in [0.15, 0.2) is 0 Å². The van der Waals surface area contributed by atoms with Gasteiger partial charge in [0.25, 0.3) is 0 Å². The second-order valence-electron chi connectivity index (χ2n) is 5.07. The Labute approximate surface area is 118 Å². The van der Waals surface area contributed by atoms with Crippen molar-refractivity contribution in [1.29, 1.82) is 0 Å². The molecule has 1 rings (SSSR count). The van der Waals surface area contributed by atoms with Crippen LogP contribution in [0.25, 0.3) is 0 Å². The molecule has 0 aliphatic rings. The molecular weight excluding hydrogens is 236 g/mol. The highest BCUT2D eigenvalue weighted by Crippen LogP contribution is 2.13. The van der Waals surface area contributed by atoms with Crippen LogP contribution in [-0.4, -0.2) is 36.0 Å². The Hall–Kier alpha value is -0.870. The van der Waals surface area contributed by atoms with E-state index >= 15 is 0 Å². The summed E-state index contributed by atoms with van der Waals surface area (Å²) in [6.45, 7) is 14.0. The topological polar surface area (TPSA) is 41.9 Å². The maximum Gasteiger partial charge on any atom is 0.0628 e. The first-order chi connectivity index (χ1) is 9.20. The van der Waals surface area contributed by atoms with E-state index in [9.17, 15) is 0 Å². The summed E-state index contributed by atoms with van der Waals surface area (Å²) in [4.78, 5) is 0. The van der Waals surface area contributed by atoms with Crippen LogP contribution in [0, 0.1) is 13.8 Å². The van der Waals surface area contributed by atoms with E-state index in [0.29, 0.717) is 0 Å². The molecule has 0 spiro atoms. The monoisotopic (exact) mass is 266 g/mol. The summed E-state index contributed by atoms with van der Waals surface area (Å²) >= 11 is 0. The lowest BCUT2D eigenvalue weighted by atomic mass is 10.1. The number of rotatable bonds is 10. The fourth-order valence-electron chi connectivity index (χ4n) is 2.38. The molecule has 0 fully saturated rings. The van der Waals surface area contributed by atoms with Gasteiger partial charge in [0.2, 0.25) is 0 Å². The van der Waals surface area contributed by atoms with E-state index in [4.69, 9.17) is 0 Å². The molecule has 0 aliphatic heterocycles. The second kappa shape index (κ2) is 9.10. The van der Waals surface area contributed by atoms with Gasteiger partial charge in [-0.2, -0.15) is 5.10 Å². The zero-order valence-corrected chi connectivity index (χ0v) is 13.1. The number of aromatic nitrogens is 2. The number of hydrogen-bond acceptors (Lipinski definition) is 3. The smallest absolute Gasteiger partial charge is 0.0628 e. The summed E-state index contributed by atoms with van der Waals surface area (Å²) in [5.41, 5.74) is 3.93. The van der Waals surface area contributed by atoms with E-state index in [1.165, 1.54) is 29.8 Å². The molecule has 4 heteroatoms. The first-order valence-electron chi connectivity index (χ1n) is 7.65. The molecule has 0 aromatic carbocycles. The largest absolute Gasteiger partial charge is 0.317 e. The predicted octanol–water partition coefficient (Wildman–Crippen LogP) is 2.04. The van der Waals surface area contributed by atoms with Gasteiger partial charge >= 0.3 is 0 Å². The Morgan fingerprint density at radius 3 is 2.26 bits per heavy atom. The molecule has 0 bridgehead atoms. The molecule has 110 valence electrons. The number of nitrogens with zero attached hydrogens (tertiary/aromatic N) is 2. The zero-order valence-electron chi connectivity index (χ0n) is 13.1. The van der Waals surface area contributed by atoms with Gasteiger partial charge < -0.3 is 10.6 Å². The van der Waals surface area contributed by atoms with Crippen LogP contribution in [0.5, 0.6) is 0 Å². The quantitative estimate of drug-likeness (QED) is 0.637. The second-order valence-corrected chi connectivity index (χ2v) is 5.07. The van der Waals surface area contributed by atoms with Crippen LogP contribution in [0.4, 0.5) is 0 Å². The van der Waals surface area contributed by atoms with Crippen molar-refractivity contribution < 1.29 is 0 Å². The van der Waals surface area contributed by atoms with Crippen LogP contribution in [0.2, 0.25) is 0 Å². The van der Waals surface area contributed by atoms with Crippen LogP contribution in [0.3, 0.4) is 0 Å². The van der Waals surface area contributed by atoms with Crippen molar-refractivity contribution in [3.05, 3.63) is 17.0 Å². The fourth-order valence-corrected chi connectivity index (χ4v) is 2.38. The standard InChI is InChI=1S/C15H30N4/c1-5-9-16-10-7-11-17-12-8-15-13(3)18-19(6-2)14(15)4/h16-17H,5-12H2,1-4H3. The lowest BCUT2D eigenvalue weighted by Crippen LogP contribution is -2.24. The van der Waals surface area contributed by atoms with Crippen molar-refractivity contribution >= 4 is 0 Å². The molecule has 2 N–H and O–H groups in total. The van der Waals surface area contributed by atoms with Gasteiger partial charge in [-0.3, -0.25) is 4.68 Å². The molecule has 0 atom stereocenters. The molecule has 4 nitrogen and oxygen atoms in total. The maximum atomic E-state index is 4.56. The van der Waals surface area contributed by atoms with Crippen molar-refractivity contribution in [3.8, 4) is 0 Å². The Morgan fingerprint density at radius 1 is 1.00 bits per heavy atom. The first-order valence-corrected chi connectivity index (χ1v) is 7.65. The normalized spacial score (nSPS) is 11.2. The molecule has 0 radical (unpaired) electrons. The Balaban J connectivity index is 2.17. The van der Waals surface area contributed by atoms with Gasteiger partial charge in [-0.25, -0.2) is 0 Å².